The van der Waals surface area contributed by atoms with Crippen LogP contribution in [0.25, 0.3) is 0 Å². The number of rotatable bonds is 8. The van der Waals surface area contributed by atoms with Crippen LogP contribution in [-0.2, 0) is 4.79 Å². The Morgan fingerprint density at radius 2 is 2.17 bits per heavy atom. The molecule has 1 unspecified atom stereocenters. The van der Waals surface area contributed by atoms with E-state index in [2.05, 4.69) is 16.8 Å². The van der Waals surface area contributed by atoms with Gasteiger partial charge in [0.25, 0.3) is 0 Å². The van der Waals surface area contributed by atoms with E-state index in [1.165, 1.54) is 19.3 Å². The second-order valence-electron chi connectivity index (χ2n) is 6.41. The minimum Gasteiger partial charge on any atom is -0.488 e. The molecule has 3 N–H and O–H groups in total. The summed E-state index contributed by atoms with van der Waals surface area (Å²) < 4.78 is 5.89. The van der Waals surface area contributed by atoms with Crippen molar-refractivity contribution in [1.82, 2.24) is 4.90 Å². The first-order valence-corrected chi connectivity index (χ1v) is 8.77. The van der Waals surface area contributed by atoms with Crippen molar-refractivity contribution in [1.29, 1.82) is 0 Å². The van der Waals surface area contributed by atoms with Crippen molar-refractivity contribution >= 4 is 17.3 Å². The molecule has 1 amide bonds. The lowest BCUT2D eigenvalue weighted by atomic mass is 10.1. The van der Waals surface area contributed by atoms with E-state index in [1.807, 2.05) is 13.0 Å². The van der Waals surface area contributed by atoms with Gasteiger partial charge in [-0.15, -0.1) is 6.58 Å². The van der Waals surface area contributed by atoms with E-state index < -0.39 is 0 Å². The van der Waals surface area contributed by atoms with Crippen molar-refractivity contribution in [2.45, 2.75) is 45.1 Å². The minimum absolute atomic E-state index is 0.00608. The maximum atomic E-state index is 12.3. The first kappa shape index (κ1) is 18.3. The van der Waals surface area contributed by atoms with Crippen LogP contribution in [0.1, 0.15) is 39.0 Å². The lowest BCUT2D eigenvalue weighted by Gasteiger charge is -2.26. The Labute approximate surface area is 144 Å². The number of benzene rings is 1. The molecule has 132 valence electrons. The quantitative estimate of drug-likeness (QED) is 0.566. The van der Waals surface area contributed by atoms with Crippen LogP contribution >= 0.6 is 0 Å². The average molecular weight is 331 g/mol. The maximum Gasteiger partial charge on any atom is 0.225 e. The zero-order valence-corrected chi connectivity index (χ0v) is 14.6. The largest absolute Gasteiger partial charge is 0.488 e. The summed E-state index contributed by atoms with van der Waals surface area (Å²) in [6.07, 6.45) is 6.79. The van der Waals surface area contributed by atoms with Crippen LogP contribution in [0.2, 0.25) is 0 Å². The molecule has 5 nitrogen and oxygen atoms in total. The first-order chi connectivity index (χ1) is 11.6. The average Bonchev–Trinajstić information content (AvgIpc) is 2.56. The number of carbonyl (C=O) groups excluding carboxylic acids is 1. The van der Waals surface area contributed by atoms with Crippen molar-refractivity contribution in [2.75, 3.05) is 30.7 Å². The Balaban J connectivity index is 1.92. The van der Waals surface area contributed by atoms with Gasteiger partial charge in [0.15, 0.2) is 0 Å². The van der Waals surface area contributed by atoms with Gasteiger partial charge in [-0.3, -0.25) is 4.79 Å². The third-order valence-corrected chi connectivity index (χ3v) is 4.21. The third-order valence-electron chi connectivity index (χ3n) is 4.21. The zero-order chi connectivity index (χ0) is 17.4. The van der Waals surface area contributed by atoms with Gasteiger partial charge in [-0.1, -0.05) is 12.5 Å². The van der Waals surface area contributed by atoms with Gasteiger partial charge in [0.1, 0.15) is 5.75 Å². The van der Waals surface area contributed by atoms with E-state index in [0.29, 0.717) is 23.5 Å². The van der Waals surface area contributed by atoms with Gasteiger partial charge in [0.05, 0.1) is 11.8 Å². The normalized spacial score (nSPS) is 16.4. The fourth-order valence-corrected chi connectivity index (χ4v) is 2.89. The molecule has 2 rings (SSSR count). The SMILES string of the molecule is C=CCC(C)Oc1cc(N)ccc1NC(=O)CCN1CCCCC1. The number of likely N-dealkylation sites (tertiary alicyclic amines) is 1. The van der Waals surface area contributed by atoms with Gasteiger partial charge in [0, 0.05) is 31.1 Å². The lowest BCUT2D eigenvalue weighted by Crippen LogP contribution is -2.32. The highest BCUT2D eigenvalue weighted by Gasteiger charge is 2.14. The summed E-state index contributed by atoms with van der Waals surface area (Å²) >= 11 is 0. The molecule has 1 heterocycles. The van der Waals surface area contributed by atoms with Crippen molar-refractivity contribution in [3.05, 3.63) is 30.9 Å². The summed E-state index contributed by atoms with van der Waals surface area (Å²) in [5.74, 6) is 0.613. The van der Waals surface area contributed by atoms with E-state index >= 15 is 0 Å². The van der Waals surface area contributed by atoms with Crippen molar-refractivity contribution in [3.8, 4) is 5.75 Å². The van der Waals surface area contributed by atoms with Crippen LogP contribution in [0, 0.1) is 0 Å². The molecule has 0 bridgehead atoms. The Hall–Kier alpha value is -2.01. The predicted molar refractivity (Wildman–Crippen MR) is 99.3 cm³/mol. The third kappa shape index (κ3) is 5.89. The molecule has 5 heteroatoms. The molecule has 1 aromatic carbocycles. The standard InChI is InChI=1S/C19H29N3O2/c1-3-7-15(2)24-18-14-16(20)8-9-17(18)21-19(23)10-13-22-11-5-4-6-12-22/h3,8-9,14-15H,1,4-7,10-13,20H2,2H3,(H,21,23). The van der Waals surface area contributed by atoms with Crippen LogP contribution in [0.4, 0.5) is 11.4 Å². The van der Waals surface area contributed by atoms with Crippen molar-refractivity contribution in [3.63, 3.8) is 0 Å². The maximum absolute atomic E-state index is 12.3. The number of nitrogens with two attached hydrogens (primary N) is 1. The molecule has 1 aliphatic rings. The molecule has 1 aromatic rings. The Morgan fingerprint density at radius 1 is 1.42 bits per heavy atom. The number of amides is 1. The molecular weight excluding hydrogens is 302 g/mol. The summed E-state index contributed by atoms with van der Waals surface area (Å²) in [6.45, 7) is 8.69. The lowest BCUT2D eigenvalue weighted by molar-refractivity contribution is -0.116. The van der Waals surface area contributed by atoms with E-state index in [9.17, 15) is 4.79 Å². The molecule has 1 aliphatic heterocycles. The van der Waals surface area contributed by atoms with Crippen LogP contribution < -0.4 is 15.8 Å². The van der Waals surface area contributed by atoms with Crippen LogP contribution in [0.15, 0.2) is 30.9 Å². The molecule has 24 heavy (non-hydrogen) atoms. The monoisotopic (exact) mass is 331 g/mol. The van der Waals surface area contributed by atoms with Crippen molar-refractivity contribution < 1.29 is 9.53 Å². The van der Waals surface area contributed by atoms with Gasteiger partial charge < -0.3 is 20.7 Å². The number of hydrogen-bond acceptors (Lipinski definition) is 4. The Kier molecular flexibility index (Phi) is 7.12. The molecule has 0 radical (unpaired) electrons. The number of nitrogens with zero attached hydrogens (tertiary/aromatic N) is 1. The fraction of sp³-hybridized carbons (Fsp3) is 0.526. The number of nitrogen functional groups attached to an aromatic ring is 1. The summed E-state index contributed by atoms with van der Waals surface area (Å²) in [7, 11) is 0. The van der Waals surface area contributed by atoms with Gasteiger partial charge in [-0.05, 0) is 45.0 Å². The highest BCUT2D eigenvalue weighted by atomic mass is 16.5. The topological polar surface area (TPSA) is 67.6 Å². The predicted octanol–water partition coefficient (Wildman–Crippen LogP) is 3.43. The molecule has 0 spiro atoms. The number of anilines is 2. The number of carbonyl (C=O) groups is 1. The molecular formula is C19H29N3O2. The summed E-state index contributed by atoms with van der Waals surface area (Å²) in [4.78, 5) is 14.6. The highest BCUT2D eigenvalue weighted by Crippen LogP contribution is 2.28. The Morgan fingerprint density at radius 3 is 2.88 bits per heavy atom. The molecule has 0 aliphatic carbocycles. The van der Waals surface area contributed by atoms with Gasteiger partial charge in [-0.25, -0.2) is 0 Å². The summed E-state index contributed by atoms with van der Waals surface area (Å²) in [5, 5.41) is 2.95. The number of hydrogen-bond donors (Lipinski definition) is 2. The van der Waals surface area contributed by atoms with Crippen LogP contribution in [-0.4, -0.2) is 36.5 Å². The van der Waals surface area contributed by atoms with E-state index in [1.54, 1.807) is 18.2 Å². The number of piperidine rings is 1. The van der Waals surface area contributed by atoms with Gasteiger partial charge in [0.2, 0.25) is 5.91 Å². The Bertz CT molecular complexity index is 554. The second-order valence-corrected chi connectivity index (χ2v) is 6.41. The molecule has 1 fully saturated rings. The van der Waals surface area contributed by atoms with E-state index in [0.717, 1.165) is 26.1 Å². The first-order valence-electron chi connectivity index (χ1n) is 8.77. The summed E-state index contributed by atoms with van der Waals surface area (Å²) in [5.41, 5.74) is 7.13. The van der Waals surface area contributed by atoms with Crippen molar-refractivity contribution in [2.24, 2.45) is 0 Å². The molecule has 1 atom stereocenters. The van der Waals surface area contributed by atoms with E-state index in [-0.39, 0.29) is 12.0 Å². The highest BCUT2D eigenvalue weighted by molar-refractivity contribution is 5.92. The second kappa shape index (κ2) is 9.33. The minimum atomic E-state index is -0.0201. The van der Waals surface area contributed by atoms with Crippen LogP contribution in [0.5, 0.6) is 5.75 Å². The number of nitrogens with one attached hydrogen (secondary N) is 1. The summed E-state index contributed by atoms with van der Waals surface area (Å²) in [6, 6.07) is 5.31. The van der Waals surface area contributed by atoms with Gasteiger partial charge >= 0.3 is 0 Å². The molecule has 0 saturated carbocycles. The smallest absolute Gasteiger partial charge is 0.225 e. The molecule has 1 saturated heterocycles. The van der Waals surface area contributed by atoms with Crippen LogP contribution in [0.3, 0.4) is 0 Å². The molecule has 0 aromatic heterocycles. The number of ether oxygens (including phenoxy) is 1. The fourth-order valence-electron chi connectivity index (χ4n) is 2.89. The van der Waals surface area contributed by atoms with E-state index in [4.69, 9.17) is 10.5 Å². The van der Waals surface area contributed by atoms with Gasteiger partial charge in [-0.2, -0.15) is 0 Å². The zero-order valence-electron chi connectivity index (χ0n) is 14.6.